The van der Waals surface area contributed by atoms with Crippen molar-refractivity contribution >= 4 is 43.1 Å². The third kappa shape index (κ3) is 7.55. The summed E-state index contributed by atoms with van der Waals surface area (Å²) in [5.74, 6) is -3.17. The molecule has 226 valence electrons. The number of rotatable bonds is 8. The van der Waals surface area contributed by atoms with Crippen LogP contribution in [0, 0.1) is 0 Å². The first-order chi connectivity index (χ1) is 20.1. The molecule has 17 heteroatoms. The molecule has 2 aromatic carbocycles. The fraction of sp³-hybridized carbons (Fsp3) is 0.0769. The minimum Gasteiger partial charge on any atom is -0.286 e. The Morgan fingerprint density at radius 2 is 1.16 bits per heavy atom. The molecule has 0 saturated carbocycles. The van der Waals surface area contributed by atoms with E-state index in [1.165, 1.54) is 73.1 Å². The van der Waals surface area contributed by atoms with E-state index < -0.39 is 53.8 Å². The van der Waals surface area contributed by atoms with E-state index in [-0.39, 0.29) is 15.6 Å². The van der Waals surface area contributed by atoms with Crippen molar-refractivity contribution in [3.05, 3.63) is 121 Å². The monoisotopic (exact) mass is 642 g/mol. The molecular formula is C26H19F5N4O6S2. The van der Waals surface area contributed by atoms with Gasteiger partial charge in [0.25, 0.3) is 11.7 Å². The van der Waals surface area contributed by atoms with Crippen molar-refractivity contribution in [2.45, 2.75) is 10.8 Å². The van der Waals surface area contributed by atoms with Crippen LogP contribution in [0.25, 0.3) is 0 Å². The molecule has 0 saturated heterocycles. The second-order valence-corrected chi connectivity index (χ2v) is 11.7. The van der Waals surface area contributed by atoms with Gasteiger partial charge in [-0.1, -0.05) is 36.4 Å². The maximum absolute atomic E-state index is 13.9. The molecule has 0 bridgehead atoms. The van der Waals surface area contributed by atoms with Crippen molar-refractivity contribution in [1.29, 1.82) is 0 Å². The second kappa shape index (κ2) is 13.0. The molecule has 0 aliphatic heterocycles. The summed E-state index contributed by atoms with van der Waals surface area (Å²) in [6.07, 6.45) is 4.46. The highest BCUT2D eigenvalue weighted by Crippen LogP contribution is 2.32. The van der Waals surface area contributed by atoms with Crippen molar-refractivity contribution < 1.29 is 48.4 Å². The predicted octanol–water partition coefficient (Wildman–Crippen LogP) is 4.88. The van der Waals surface area contributed by atoms with Crippen LogP contribution in [0.5, 0.6) is 0 Å². The van der Waals surface area contributed by atoms with Gasteiger partial charge in [-0.25, -0.2) is 0 Å². The average molecular weight is 643 g/mol. The smallest absolute Gasteiger partial charge is 0.286 e. The fourth-order valence-electron chi connectivity index (χ4n) is 3.15. The number of Topliss-reactive ketones (excluding diaryl/α,β-unsaturated/α-hetero) is 1. The zero-order chi connectivity index (χ0) is 31.9. The number of nitrogens with one attached hydrogen (secondary N) is 1. The van der Waals surface area contributed by atoms with Gasteiger partial charge in [0.15, 0.2) is 0 Å². The Morgan fingerprint density at radius 1 is 0.674 bits per heavy atom. The lowest BCUT2D eigenvalue weighted by molar-refractivity contribution is -0.0437. The van der Waals surface area contributed by atoms with Crippen LogP contribution < -0.4 is 9.03 Å². The van der Waals surface area contributed by atoms with Gasteiger partial charge in [-0.3, -0.25) is 24.3 Å². The summed E-state index contributed by atoms with van der Waals surface area (Å²) in [6, 6.07) is 18.3. The number of nitrogens with zero attached hydrogens (tertiary/aromatic N) is 3. The van der Waals surface area contributed by atoms with E-state index in [4.69, 9.17) is 0 Å². The Morgan fingerprint density at radius 3 is 1.63 bits per heavy atom. The SMILES string of the molecule is O=C(c1cccnc1)C(F)(F)S(=O)(=O)Nc1ccccc1.O=C(c1cccnc1)N(c1ccccc1)S(=O)(=O)C(F)(F)F. The second-order valence-electron chi connectivity index (χ2n) is 8.16. The van der Waals surface area contributed by atoms with Crippen molar-refractivity contribution in [2.24, 2.45) is 0 Å². The van der Waals surface area contributed by atoms with Gasteiger partial charge in [0.1, 0.15) is 0 Å². The number of para-hydroxylation sites is 2. The highest BCUT2D eigenvalue weighted by Gasteiger charge is 2.54. The van der Waals surface area contributed by atoms with Crippen LogP contribution in [-0.4, -0.2) is 49.3 Å². The summed E-state index contributed by atoms with van der Waals surface area (Å²) in [6.45, 7) is 0. The molecule has 4 aromatic rings. The fourth-order valence-corrected chi connectivity index (χ4v) is 5.02. The third-order valence-corrected chi connectivity index (χ3v) is 7.98. The van der Waals surface area contributed by atoms with E-state index in [0.29, 0.717) is 0 Å². The van der Waals surface area contributed by atoms with E-state index in [1.54, 1.807) is 10.8 Å². The minimum atomic E-state index is -5.88. The van der Waals surface area contributed by atoms with Crippen LogP contribution in [0.2, 0.25) is 0 Å². The number of carbonyl (C=O) groups excluding carboxylic acids is 2. The van der Waals surface area contributed by atoms with Crippen LogP contribution in [-0.2, 0) is 20.0 Å². The third-order valence-electron chi connectivity index (χ3n) is 5.17. The zero-order valence-electron chi connectivity index (χ0n) is 21.4. The molecule has 0 radical (unpaired) electrons. The number of carbonyl (C=O) groups is 2. The first-order valence-electron chi connectivity index (χ1n) is 11.6. The number of halogens is 5. The number of hydrogen-bond donors (Lipinski definition) is 1. The van der Waals surface area contributed by atoms with Gasteiger partial charge in [0.05, 0.1) is 11.3 Å². The Balaban J connectivity index is 0.000000236. The maximum Gasteiger partial charge on any atom is 0.517 e. The van der Waals surface area contributed by atoms with E-state index in [2.05, 4.69) is 9.97 Å². The molecule has 0 fully saturated rings. The van der Waals surface area contributed by atoms with Crippen LogP contribution in [0.1, 0.15) is 20.7 Å². The van der Waals surface area contributed by atoms with Gasteiger partial charge in [0.2, 0.25) is 0 Å². The summed E-state index contributed by atoms with van der Waals surface area (Å²) in [4.78, 5) is 31.1. The molecule has 4 rings (SSSR count). The van der Waals surface area contributed by atoms with Crippen molar-refractivity contribution in [3.63, 3.8) is 0 Å². The Hall–Kier alpha value is -4.77. The number of pyridine rings is 2. The number of benzene rings is 2. The summed E-state index contributed by atoms with van der Waals surface area (Å²) in [5.41, 5.74) is -6.84. The van der Waals surface area contributed by atoms with Gasteiger partial charge in [0, 0.05) is 36.0 Å². The molecule has 43 heavy (non-hydrogen) atoms. The number of anilines is 2. The quantitative estimate of drug-likeness (QED) is 0.212. The van der Waals surface area contributed by atoms with Gasteiger partial charge in [-0.15, -0.1) is 0 Å². The van der Waals surface area contributed by atoms with E-state index in [0.717, 1.165) is 30.6 Å². The van der Waals surface area contributed by atoms with Gasteiger partial charge < -0.3 is 0 Å². The van der Waals surface area contributed by atoms with Crippen LogP contribution in [0.3, 0.4) is 0 Å². The highest BCUT2D eigenvalue weighted by atomic mass is 32.2. The largest absolute Gasteiger partial charge is 0.517 e. The lowest BCUT2D eigenvalue weighted by Crippen LogP contribution is -2.44. The summed E-state index contributed by atoms with van der Waals surface area (Å²) >= 11 is 0. The molecule has 1 N–H and O–H groups in total. The van der Waals surface area contributed by atoms with Gasteiger partial charge in [-0.05, 0) is 48.5 Å². The zero-order valence-corrected chi connectivity index (χ0v) is 23.0. The number of sulfonamides is 2. The van der Waals surface area contributed by atoms with Crippen molar-refractivity contribution in [1.82, 2.24) is 9.97 Å². The van der Waals surface area contributed by atoms with Crippen LogP contribution >= 0.6 is 0 Å². The topological polar surface area (TPSA) is 143 Å². The lowest BCUT2D eigenvalue weighted by Gasteiger charge is -2.23. The Bertz CT molecular complexity index is 1760. The maximum atomic E-state index is 13.9. The first kappa shape index (κ1) is 32.7. The van der Waals surface area contributed by atoms with Crippen molar-refractivity contribution in [3.8, 4) is 0 Å². The molecule has 10 nitrogen and oxygen atoms in total. The van der Waals surface area contributed by atoms with E-state index in [9.17, 15) is 48.4 Å². The summed E-state index contributed by atoms with van der Waals surface area (Å²) in [7, 11) is -11.1. The Labute approximate surface area is 241 Å². The Kier molecular flexibility index (Phi) is 9.92. The van der Waals surface area contributed by atoms with Crippen molar-refractivity contribution in [2.75, 3.05) is 9.03 Å². The van der Waals surface area contributed by atoms with Crippen LogP contribution in [0.15, 0.2) is 110 Å². The molecule has 1 amide bonds. The lowest BCUT2D eigenvalue weighted by atomic mass is 10.2. The molecule has 2 heterocycles. The van der Waals surface area contributed by atoms with E-state index >= 15 is 0 Å². The molecular weight excluding hydrogens is 623 g/mol. The predicted molar refractivity (Wildman–Crippen MR) is 145 cm³/mol. The van der Waals surface area contributed by atoms with Gasteiger partial charge in [-0.2, -0.15) is 43.1 Å². The van der Waals surface area contributed by atoms with Gasteiger partial charge >= 0.3 is 30.8 Å². The molecule has 2 aromatic heterocycles. The average Bonchev–Trinajstić information content (AvgIpc) is 2.98. The molecule has 0 spiro atoms. The summed E-state index contributed by atoms with van der Waals surface area (Å²) in [5, 5.41) is -4.61. The minimum absolute atomic E-state index is 0.0591. The number of amides is 1. The highest BCUT2D eigenvalue weighted by molar-refractivity contribution is 7.94. The normalized spacial score (nSPS) is 11.9. The van der Waals surface area contributed by atoms with E-state index in [1.807, 2.05) is 0 Å². The number of hydrogen-bond acceptors (Lipinski definition) is 8. The number of alkyl halides is 5. The first-order valence-corrected chi connectivity index (χ1v) is 14.5. The molecule has 0 unspecified atom stereocenters. The molecule has 0 aliphatic rings. The number of aromatic nitrogens is 2. The van der Waals surface area contributed by atoms with Crippen LogP contribution in [0.4, 0.5) is 33.3 Å². The molecule has 0 atom stereocenters. The summed E-state index contributed by atoms with van der Waals surface area (Å²) < 4.78 is 115. The standard InChI is InChI=1S/C13H9F3N2O3S.C13H10F2N2O3S/c14-13(15,16)22(20,21)18(11-6-2-1-3-7-11)12(19)10-5-4-8-17-9-10;14-13(15,12(18)10-5-4-8-16-9-10)21(19,20)17-11-6-2-1-3-7-11/h1-9H;1-9,17H. The molecule has 0 aliphatic carbocycles. The number of ketones is 1.